The van der Waals surface area contributed by atoms with Gasteiger partial charge in [-0.3, -0.25) is 0 Å². The molecule has 0 aromatic carbocycles. The maximum atomic E-state index is 12.5. The molecule has 0 unspecified atom stereocenters. The molecule has 0 rings (SSSR count). The Kier molecular flexibility index (Phi) is 3.40. The summed E-state index contributed by atoms with van der Waals surface area (Å²) in [5.74, 6) is -4.39. The minimum Gasteiger partial charge on any atom is -0.478 e. The first kappa shape index (κ1) is 10.6. The first-order valence-corrected chi connectivity index (χ1v) is 3.14. The number of ether oxygens (including phenoxy) is 1. The number of carboxylic acid groups (broad SMARTS) is 1. The van der Waals surface area contributed by atoms with E-state index in [2.05, 4.69) is 4.74 Å². The zero-order valence-electron chi connectivity index (χ0n) is 6.70. The number of aliphatic carboxylic acids is 1. The van der Waals surface area contributed by atoms with E-state index >= 15 is 0 Å². The van der Waals surface area contributed by atoms with Crippen LogP contribution in [0.15, 0.2) is 12.2 Å². The molecule has 0 bridgehead atoms. The molecule has 0 aromatic heterocycles. The minimum absolute atomic E-state index is 0.577. The summed E-state index contributed by atoms with van der Waals surface area (Å²) in [4.78, 5) is 20.4. The number of alkyl halides is 1. The summed E-state index contributed by atoms with van der Waals surface area (Å²) >= 11 is 0. The van der Waals surface area contributed by atoms with Crippen molar-refractivity contribution < 1.29 is 23.8 Å². The maximum Gasteiger partial charge on any atom is 0.333 e. The Morgan fingerprint density at radius 2 is 1.92 bits per heavy atom. The first-order chi connectivity index (χ1) is 5.31. The van der Waals surface area contributed by atoms with Gasteiger partial charge in [0, 0.05) is 26.0 Å². The number of hydrogen-bond acceptors (Lipinski definition) is 3. The van der Waals surface area contributed by atoms with Gasteiger partial charge in [-0.2, -0.15) is 4.39 Å². The van der Waals surface area contributed by atoms with Crippen LogP contribution in [0.5, 0.6) is 0 Å². The highest BCUT2D eigenvalue weighted by Gasteiger charge is 2.19. The van der Waals surface area contributed by atoms with Gasteiger partial charge in [0.25, 0.3) is 0 Å². The van der Waals surface area contributed by atoms with Crippen LogP contribution >= 0.6 is 0 Å². The molecule has 0 radical (unpaired) electrons. The lowest BCUT2D eigenvalue weighted by atomic mass is 10.4. The average Bonchev–Trinajstić information content (AvgIpc) is 1.79. The summed E-state index contributed by atoms with van der Waals surface area (Å²) in [5, 5.41) is 8.07. The molecule has 1 N–H and O–H groups in total. The van der Waals surface area contributed by atoms with Gasteiger partial charge in [-0.15, -0.1) is 0 Å². The van der Waals surface area contributed by atoms with Crippen LogP contribution in [0.2, 0.25) is 0 Å². The molecule has 0 aliphatic rings. The topological polar surface area (TPSA) is 63.6 Å². The summed E-state index contributed by atoms with van der Waals surface area (Å²) < 4.78 is 16.7. The Morgan fingerprint density at radius 1 is 1.42 bits per heavy atom. The second-order valence-electron chi connectivity index (χ2n) is 2.46. The van der Waals surface area contributed by atoms with E-state index in [1.54, 1.807) is 0 Å². The number of carboxylic acids is 1. The van der Waals surface area contributed by atoms with Crippen molar-refractivity contribution in [2.75, 3.05) is 0 Å². The number of carbonyl (C=O) groups is 2. The van der Waals surface area contributed by atoms with Crippen molar-refractivity contribution in [3.05, 3.63) is 12.2 Å². The zero-order chi connectivity index (χ0) is 9.78. The Bertz CT molecular complexity index is 214. The normalized spacial score (nSPS) is 11.6. The van der Waals surface area contributed by atoms with Gasteiger partial charge in [0.1, 0.15) is 0 Å². The molecule has 4 nitrogen and oxygen atoms in total. The largest absolute Gasteiger partial charge is 0.478 e. The highest BCUT2D eigenvalue weighted by atomic mass is 19.2. The number of esters is 1. The third kappa shape index (κ3) is 6.73. The van der Waals surface area contributed by atoms with Crippen molar-refractivity contribution in [3.63, 3.8) is 0 Å². The quantitative estimate of drug-likeness (QED) is 0.512. The van der Waals surface area contributed by atoms with Gasteiger partial charge in [-0.05, 0) is 0 Å². The molecular formula is C7H9FO4. The van der Waals surface area contributed by atoms with Gasteiger partial charge in [0.05, 0.1) is 0 Å². The Balaban J connectivity index is 3.99. The molecular weight excluding hydrogens is 167 g/mol. The molecule has 5 heteroatoms. The van der Waals surface area contributed by atoms with Crippen LogP contribution in [0.4, 0.5) is 4.39 Å². The molecule has 0 aromatic rings. The summed E-state index contributed by atoms with van der Waals surface area (Å²) in [6.45, 7) is 2.08. The van der Waals surface area contributed by atoms with Crippen molar-refractivity contribution in [3.8, 4) is 0 Å². The summed E-state index contributed by atoms with van der Waals surface area (Å²) in [6, 6.07) is 0. The van der Waals surface area contributed by atoms with E-state index in [0.29, 0.717) is 12.2 Å². The van der Waals surface area contributed by atoms with Crippen molar-refractivity contribution in [2.45, 2.75) is 19.7 Å². The van der Waals surface area contributed by atoms with Gasteiger partial charge in [-0.25, -0.2) is 9.59 Å². The first-order valence-electron chi connectivity index (χ1n) is 3.14. The predicted octanol–water partition coefficient (Wildman–Crippen LogP) is 0.876. The maximum absolute atomic E-state index is 12.5. The third-order valence-corrected chi connectivity index (χ3v) is 0.705. The summed E-state index contributed by atoms with van der Waals surface area (Å²) in [5.41, 5.74) is 0. The van der Waals surface area contributed by atoms with Crippen molar-refractivity contribution in [2.24, 2.45) is 0 Å². The Labute approximate surface area is 68.6 Å². The number of halogens is 1. The van der Waals surface area contributed by atoms with E-state index in [0.717, 1.165) is 13.8 Å². The number of rotatable bonds is 3. The molecule has 0 fully saturated rings. The van der Waals surface area contributed by atoms with Gasteiger partial charge in [0.2, 0.25) is 5.85 Å². The number of hydrogen-bond donors (Lipinski definition) is 1. The van der Waals surface area contributed by atoms with E-state index in [1.165, 1.54) is 0 Å². The van der Waals surface area contributed by atoms with Gasteiger partial charge in [0.15, 0.2) is 0 Å². The molecule has 0 spiro atoms. The monoisotopic (exact) mass is 176 g/mol. The molecule has 0 saturated carbocycles. The lowest BCUT2D eigenvalue weighted by Gasteiger charge is -2.12. The molecule has 68 valence electrons. The van der Waals surface area contributed by atoms with Crippen molar-refractivity contribution in [1.82, 2.24) is 0 Å². The molecule has 0 saturated heterocycles. The van der Waals surface area contributed by atoms with Crippen LogP contribution in [0, 0.1) is 0 Å². The van der Waals surface area contributed by atoms with E-state index in [-0.39, 0.29) is 0 Å². The van der Waals surface area contributed by atoms with Crippen molar-refractivity contribution >= 4 is 11.9 Å². The SMILES string of the molecule is CC(C)(F)OC(=O)/C=C\C(=O)O. The van der Waals surface area contributed by atoms with Crippen LogP contribution in [-0.4, -0.2) is 22.9 Å². The van der Waals surface area contributed by atoms with Crippen molar-refractivity contribution in [1.29, 1.82) is 0 Å². The predicted molar refractivity (Wildman–Crippen MR) is 38.1 cm³/mol. The van der Waals surface area contributed by atoms with Crippen LogP contribution in [-0.2, 0) is 14.3 Å². The molecule has 0 aliphatic heterocycles. The second kappa shape index (κ2) is 3.85. The highest BCUT2D eigenvalue weighted by molar-refractivity contribution is 5.90. The minimum atomic E-state index is -2.08. The standard InChI is InChI=1S/C7H9FO4/c1-7(2,8)12-6(11)4-3-5(9)10/h3-4H,1-2H3,(H,9,10)/b4-3-. The Hall–Kier alpha value is -1.39. The molecule has 12 heavy (non-hydrogen) atoms. The smallest absolute Gasteiger partial charge is 0.333 e. The molecule has 0 heterocycles. The summed E-state index contributed by atoms with van der Waals surface area (Å²) in [6.07, 6.45) is 1.22. The fraction of sp³-hybridized carbons (Fsp3) is 0.429. The number of carbonyl (C=O) groups excluding carboxylic acids is 1. The van der Waals surface area contributed by atoms with E-state index in [4.69, 9.17) is 5.11 Å². The van der Waals surface area contributed by atoms with Crippen LogP contribution in [0.25, 0.3) is 0 Å². The van der Waals surface area contributed by atoms with Crippen LogP contribution in [0.3, 0.4) is 0 Å². The van der Waals surface area contributed by atoms with E-state index < -0.39 is 17.8 Å². The fourth-order valence-corrected chi connectivity index (χ4v) is 0.413. The average molecular weight is 176 g/mol. The highest BCUT2D eigenvalue weighted by Crippen LogP contribution is 2.09. The second-order valence-corrected chi connectivity index (χ2v) is 2.46. The van der Waals surface area contributed by atoms with Gasteiger partial charge < -0.3 is 9.84 Å². The van der Waals surface area contributed by atoms with Gasteiger partial charge >= 0.3 is 11.9 Å². The fourth-order valence-electron chi connectivity index (χ4n) is 0.413. The lowest BCUT2D eigenvalue weighted by Crippen LogP contribution is -2.21. The molecule has 0 amide bonds. The van der Waals surface area contributed by atoms with Crippen LogP contribution < -0.4 is 0 Å². The van der Waals surface area contributed by atoms with Crippen LogP contribution in [0.1, 0.15) is 13.8 Å². The third-order valence-electron chi connectivity index (χ3n) is 0.705. The van der Waals surface area contributed by atoms with E-state index in [9.17, 15) is 14.0 Å². The molecule has 0 atom stereocenters. The zero-order valence-corrected chi connectivity index (χ0v) is 6.70. The van der Waals surface area contributed by atoms with E-state index in [1.807, 2.05) is 0 Å². The summed E-state index contributed by atoms with van der Waals surface area (Å²) in [7, 11) is 0. The lowest BCUT2D eigenvalue weighted by molar-refractivity contribution is -0.167. The Morgan fingerprint density at radius 3 is 2.25 bits per heavy atom. The molecule has 0 aliphatic carbocycles. The van der Waals surface area contributed by atoms with Gasteiger partial charge in [-0.1, -0.05) is 0 Å².